The molecule has 0 aromatic heterocycles. The number of aliphatic imine (C=N–C) groups is 1. The molecule has 1 heterocycles. The summed E-state index contributed by atoms with van der Waals surface area (Å²) in [6.45, 7) is 0. The summed E-state index contributed by atoms with van der Waals surface area (Å²) in [5.74, 6) is 0.376. The summed E-state index contributed by atoms with van der Waals surface area (Å²) in [5, 5.41) is 5.31. The maximum absolute atomic E-state index is 12.5. The van der Waals surface area contributed by atoms with Gasteiger partial charge in [0.05, 0.1) is 19.6 Å². The molecular formula is C20H22N4O3. The van der Waals surface area contributed by atoms with E-state index in [-0.39, 0.29) is 30.2 Å². The SMILES string of the molecule is COc1ccc([C@@H]2CC(=O)NC(NC(=O)c3cccc(N(C)C)c3)=N2)cc1. The maximum atomic E-state index is 12.5. The predicted molar refractivity (Wildman–Crippen MR) is 104 cm³/mol. The molecule has 3 rings (SSSR count). The number of benzene rings is 2. The van der Waals surface area contributed by atoms with Gasteiger partial charge in [-0.25, -0.2) is 4.99 Å². The van der Waals surface area contributed by atoms with Gasteiger partial charge in [0.15, 0.2) is 0 Å². The third kappa shape index (κ3) is 4.44. The van der Waals surface area contributed by atoms with Crippen LogP contribution in [0.2, 0.25) is 0 Å². The average Bonchev–Trinajstić information content (AvgIpc) is 2.67. The molecule has 1 aliphatic heterocycles. The number of ether oxygens (including phenoxy) is 1. The van der Waals surface area contributed by atoms with Gasteiger partial charge in [-0.15, -0.1) is 0 Å². The summed E-state index contributed by atoms with van der Waals surface area (Å²) in [6, 6.07) is 14.2. The zero-order valence-corrected chi connectivity index (χ0v) is 15.5. The topological polar surface area (TPSA) is 83.0 Å². The average molecular weight is 366 g/mol. The van der Waals surface area contributed by atoms with Gasteiger partial charge in [0.1, 0.15) is 5.75 Å². The summed E-state index contributed by atoms with van der Waals surface area (Å²) in [4.78, 5) is 31.0. The third-order valence-electron chi connectivity index (χ3n) is 4.28. The number of nitrogens with zero attached hydrogens (tertiary/aromatic N) is 2. The van der Waals surface area contributed by atoms with E-state index in [9.17, 15) is 9.59 Å². The fourth-order valence-corrected chi connectivity index (χ4v) is 2.78. The number of methoxy groups -OCH3 is 1. The van der Waals surface area contributed by atoms with E-state index in [1.54, 1.807) is 19.2 Å². The van der Waals surface area contributed by atoms with Crippen LogP contribution in [0.3, 0.4) is 0 Å². The van der Waals surface area contributed by atoms with Crippen LogP contribution in [-0.4, -0.2) is 39.0 Å². The van der Waals surface area contributed by atoms with E-state index in [0.717, 1.165) is 17.0 Å². The molecule has 0 unspecified atom stereocenters. The van der Waals surface area contributed by atoms with Crippen molar-refractivity contribution in [3.8, 4) is 5.75 Å². The lowest BCUT2D eigenvalue weighted by atomic mass is 10.0. The van der Waals surface area contributed by atoms with Gasteiger partial charge in [0.25, 0.3) is 5.91 Å². The monoisotopic (exact) mass is 366 g/mol. The first-order chi connectivity index (χ1) is 13.0. The van der Waals surface area contributed by atoms with Crippen LogP contribution in [0.5, 0.6) is 5.75 Å². The fraction of sp³-hybridized carbons (Fsp3) is 0.250. The second-order valence-electron chi connectivity index (χ2n) is 6.42. The van der Waals surface area contributed by atoms with E-state index >= 15 is 0 Å². The number of guanidine groups is 1. The Morgan fingerprint density at radius 3 is 2.63 bits per heavy atom. The molecule has 0 radical (unpaired) electrons. The normalized spacial score (nSPS) is 16.2. The van der Waals surface area contributed by atoms with E-state index in [1.807, 2.05) is 55.4 Å². The van der Waals surface area contributed by atoms with Gasteiger partial charge in [-0.2, -0.15) is 0 Å². The van der Waals surface area contributed by atoms with Gasteiger partial charge in [0, 0.05) is 25.3 Å². The number of nitrogens with one attached hydrogen (secondary N) is 2. The predicted octanol–water partition coefficient (Wildman–Crippen LogP) is 2.11. The molecule has 2 aromatic carbocycles. The number of carbonyl (C=O) groups excluding carboxylic acids is 2. The van der Waals surface area contributed by atoms with Gasteiger partial charge in [-0.1, -0.05) is 18.2 Å². The zero-order chi connectivity index (χ0) is 19.4. The van der Waals surface area contributed by atoms with Crippen LogP contribution in [0.4, 0.5) is 5.69 Å². The molecule has 0 saturated carbocycles. The number of rotatable bonds is 4. The lowest BCUT2D eigenvalue weighted by Gasteiger charge is -2.21. The Labute approximate surface area is 158 Å². The van der Waals surface area contributed by atoms with Crippen molar-refractivity contribution in [1.82, 2.24) is 10.6 Å². The van der Waals surface area contributed by atoms with Crippen molar-refractivity contribution in [2.24, 2.45) is 4.99 Å². The van der Waals surface area contributed by atoms with Gasteiger partial charge in [-0.05, 0) is 35.9 Å². The highest BCUT2D eigenvalue weighted by molar-refractivity contribution is 6.10. The van der Waals surface area contributed by atoms with Crippen molar-refractivity contribution in [3.05, 3.63) is 59.7 Å². The molecule has 1 aliphatic rings. The fourth-order valence-electron chi connectivity index (χ4n) is 2.78. The quantitative estimate of drug-likeness (QED) is 0.868. The largest absolute Gasteiger partial charge is 0.497 e. The molecule has 2 aromatic rings. The lowest BCUT2D eigenvalue weighted by molar-refractivity contribution is -0.120. The molecule has 27 heavy (non-hydrogen) atoms. The summed E-state index contributed by atoms with van der Waals surface area (Å²) >= 11 is 0. The minimum Gasteiger partial charge on any atom is -0.497 e. The number of anilines is 1. The van der Waals surface area contributed by atoms with Crippen molar-refractivity contribution in [3.63, 3.8) is 0 Å². The molecule has 2 N–H and O–H groups in total. The van der Waals surface area contributed by atoms with E-state index in [2.05, 4.69) is 15.6 Å². The lowest BCUT2D eigenvalue weighted by Crippen LogP contribution is -2.47. The minimum absolute atomic E-state index is 0.160. The maximum Gasteiger partial charge on any atom is 0.258 e. The second kappa shape index (κ2) is 7.90. The molecule has 0 saturated heterocycles. The van der Waals surface area contributed by atoms with Crippen molar-refractivity contribution >= 4 is 23.5 Å². The van der Waals surface area contributed by atoms with Gasteiger partial charge in [0.2, 0.25) is 11.9 Å². The molecule has 0 spiro atoms. The number of hydrogen-bond donors (Lipinski definition) is 2. The van der Waals surface area contributed by atoms with Crippen molar-refractivity contribution in [1.29, 1.82) is 0 Å². The van der Waals surface area contributed by atoms with Gasteiger partial charge < -0.3 is 9.64 Å². The smallest absolute Gasteiger partial charge is 0.258 e. The minimum atomic E-state index is -0.354. The second-order valence-corrected chi connectivity index (χ2v) is 6.42. The Hall–Kier alpha value is -3.35. The Kier molecular flexibility index (Phi) is 5.40. The van der Waals surface area contributed by atoms with Crippen molar-refractivity contribution < 1.29 is 14.3 Å². The number of amides is 2. The Balaban J connectivity index is 1.78. The molecule has 0 aliphatic carbocycles. The standard InChI is InChI=1S/C20H22N4O3/c1-24(2)15-6-4-5-14(11-15)19(26)23-20-21-17(12-18(25)22-20)13-7-9-16(27-3)10-8-13/h4-11,17H,12H2,1-3H3,(H2,21,22,23,25,26)/t17-/m0/s1. The number of hydrogen-bond acceptors (Lipinski definition) is 5. The zero-order valence-electron chi connectivity index (χ0n) is 15.5. The first-order valence-electron chi connectivity index (χ1n) is 8.56. The van der Waals surface area contributed by atoms with Crippen LogP contribution in [0.15, 0.2) is 53.5 Å². The van der Waals surface area contributed by atoms with Crippen LogP contribution in [0, 0.1) is 0 Å². The summed E-state index contributed by atoms with van der Waals surface area (Å²) in [5.41, 5.74) is 2.28. The molecule has 7 nitrogen and oxygen atoms in total. The third-order valence-corrected chi connectivity index (χ3v) is 4.28. The highest BCUT2D eigenvalue weighted by Crippen LogP contribution is 2.25. The molecule has 7 heteroatoms. The van der Waals surface area contributed by atoms with E-state index in [4.69, 9.17) is 4.74 Å². The first-order valence-corrected chi connectivity index (χ1v) is 8.56. The number of carbonyl (C=O) groups is 2. The molecular weight excluding hydrogens is 344 g/mol. The summed E-state index contributed by atoms with van der Waals surface area (Å²) < 4.78 is 5.15. The summed E-state index contributed by atoms with van der Waals surface area (Å²) in [6.07, 6.45) is 0.224. The van der Waals surface area contributed by atoms with E-state index in [0.29, 0.717) is 5.56 Å². The summed E-state index contributed by atoms with van der Waals surface area (Å²) in [7, 11) is 5.41. The highest BCUT2D eigenvalue weighted by atomic mass is 16.5. The van der Waals surface area contributed by atoms with Crippen LogP contribution in [-0.2, 0) is 4.79 Å². The molecule has 1 atom stereocenters. The van der Waals surface area contributed by atoms with Gasteiger partial charge in [-0.3, -0.25) is 20.2 Å². The van der Waals surface area contributed by atoms with Crippen molar-refractivity contribution in [2.45, 2.75) is 12.5 Å². The van der Waals surface area contributed by atoms with E-state index in [1.165, 1.54) is 0 Å². The van der Waals surface area contributed by atoms with Gasteiger partial charge >= 0.3 is 0 Å². The Morgan fingerprint density at radius 1 is 1.22 bits per heavy atom. The highest BCUT2D eigenvalue weighted by Gasteiger charge is 2.24. The first kappa shape index (κ1) is 18.4. The molecule has 0 bridgehead atoms. The molecule has 140 valence electrons. The van der Waals surface area contributed by atoms with Crippen LogP contribution in [0.1, 0.15) is 28.4 Å². The Bertz CT molecular complexity index is 875. The van der Waals surface area contributed by atoms with E-state index < -0.39 is 0 Å². The van der Waals surface area contributed by atoms with Crippen LogP contribution < -0.4 is 20.3 Å². The van der Waals surface area contributed by atoms with Crippen LogP contribution in [0.25, 0.3) is 0 Å². The van der Waals surface area contributed by atoms with Crippen molar-refractivity contribution in [2.75, 3.05) is 26.1 Å². The Morgan fingerprint density at radius 2 is 1.96 bits per heavy atom. The van der Waals surface area contributed by atoms with Crippen LogP contribution >= 0.6 is 0 Å². The molecule has 0 fully saturated rings. The molecule has 2 amide bonds.